The van der Waals surface area contributed by atoms with E-state index >= 15 is 0 Å². The minimum atomic E-state index is -4.58. The number of carbonyl (C=O) groups excluding carboxylic acids is 1. The van der Waals surface area contributed by atoms with Crippen molar-refractivity contribution in [1.82, 2.24) is 20.0 Å². The highest BCUT2D eigenvalue weighted by Gasteiger charge is 2.36. The first kappa shape index (κ1) is 28.1. The zero-order valence-corrected chi connectivity index (χ0v) is 21.4. The molecule has 1 aromatic heterocycles. The topological polar surface area (TPSA) is 87.5 Å². The molecule has 0 radical (unpaired) electrons. The number of nitrogens with one attached hydrogen (secondary N) is 1. The number of carboxylic acids is 1. The van der Waals surface area contributed by atoms with Crippen molar-refractivity contribution in [3.8, 4) is 11.3 Å². The number of hydrogen-bond acceptors (Lipinski definition) is 4. The number of likely N-dealkylation sites (tertiary alicyclic amines) is 1. The predicted molar refractivity (Wildman–Crippen MR) is 133 cm³/mol. The Morgan fingerprint density at radius 2 is 1.92 bits per heavy atom. The largest absolute Gasteiger partial charge is 0.481 e. The van der Waals surface area contributed by atoms with Gasteiger partial charge in [0.15, 0.2) is 5.69 Å². The van der Waals surface area contributed by atoms with Gasteiger partial charge in [-0.2, -0.15) is 18.3 Å². The van der Waals surface area contributed by atoms with Crippen LogP contribution in [0.2, 0.25) is 0 Å². The minimum Gasteiger partial charge on any atom is -0.481 e. The maximum absolute atomic E-state index is 14.4. The fourth-order valence-electron chi connectivity index (χ4n) is 5.61. The van der Waals surface area contributed by atoms with Gasteiger partial charge < -0.3 is 15.3 Å². The molecule has 1 aliphatic heterocycles. The van der Waals surface area contributed by atoms with Crippen LogP contribution in [0.15, 0.2) is 30.3 Å². The van der Waals surface area contributed by atoms with E-state index in [4.69, 9.17) is 0 Å². The minimum absolute atomic E-state index is 0.0556. The lowest BCUT2D eigenvalue weighted by molar-refractivity contribution is -0.138. The molecule has 0 bridgehead atoms. The number of amides is 1. The van der Waals surface area contributed by atoms with E-state index in [-0.39, 0.29) is 36.0 Å². The van der Waals surface area contributed by atoms with E-state index in [9.17, 15) is 32.3 Å². The molecule has 1 amide bonds. The molecule has 208 valence electrons. The van der Waals surface area contributed by atoms with Crippen LogP contribution < -0.4 is 5.32 Å². The maximum Gasteiger partial charge on any atom is 0.417 e. The van der Waals surface area contributed by atoms with E-state index in [2.05, 4.69) is 10.4 Å². The first-order chi connectivity index (χ1) is 17.9. The van der Waals surface area contributed by atoms with Gasteiger partial charge in [-0.1, -0.05) is 31.0 Å². The molecule has 7 nitrogen and oxygen atoms in total. The van der Waals surface area contributed by atoms with E-state index in [1.807, 2.05) is 4.90 Å². The highest BCUT2D eigenvalue weighted by atomic mass is 19.4. The Morgan fingerprint density at radius 3 is 2.58 bits per heavy atom. The summed E-state index contributed by atoms with van der Waals surface area (Å²) < 4.78 is 57.3. The molecule has 1 aromatic carbocycles. The normalized spacial score (nSPS) is 21.9. The molecule has 2 aromatic rings. The molecule has 0 unspecified atom stereocenters. The number of hydrogen-bond donors (Lipinski definition) is 2. The number of carboxylic acid groups (broad SMARTS) is 1. The summed E-state index contributed by atoms with van der Waals surface area (Å²) in [4.78, 5) is 26.6. The summed E-state index contributed by atoms with van der Waals surface area (Å²) in [5.74, 6) is -1.74. The lowest BCUT2D eigenvalue weighted by Gasteiger charge is -2.35. The summed E-state index contributed by atoms with van der Waals surface area (Å²) in [6, 6.07) is 5.70. The van der Waals surface area contributed by atoms with E-state index in [1.165, 1.54) is 28.9 Å². The second-order valence-corrected chi connectivity index (χ2v) is 10.7. The molecule has 1 aliphatic carbocycles. The van der Waals surface area contributed by atoms with Gasteiger partial charge >= 0.3 is 12.1 Å². The van der Waals surface area contributed by atoms with Crippen LogP contribution in [0, 0.1) is 0 Å². The van der Waals surface area contributed by atoms with Crippen molar-refractivity contribution in [2.75, 3.05) is 19.6 Å². The van der Waals surface area contributed by atoms with Crippen molar-refractivity contribution >= 4 is 11.9 Å². The van der Waals surface area contributed by atoms with Crippen molar-refractivity contribution in [3.63, 3.8) is 0 Å². The molecule has 2 fully saturated rings. The fourth-order valence-corrected chi connectivity index (χ4v) is 5.61. The lowest BCUT2D eigenvalue weighted by atomic mass is 9.96. The number of aliphatic carboxylic acids is 1. The van der Waals surface area contributed by atoms with Gasteiger partial charge in [0, 0.05) is 24.7 Å². The van der Waals surface area contributed by atoms with Crippen LogP contribution >= 0.6 is 0 Å². The summed E-state index contributed by atoms with van der Waals surface area (Å²) in [6.07, 6.45) is -0.125. The van der Waals surface area contributed by atoms with Gasteiger partial charge in [-0.15, -0.1) is 0 Å². The SMILES string of the molecule is C[C@]1(F)CCCN(CC[C@@H](CC(=O)O)NC(=O)c2cc(-c3ccccc3C(F)(F)F)n(C3CCCC3)n2)C1. The summed E-state index contributed by atoms with van der Waals surface area (Å²) in [6.45, 7) is 2.90. The zero-order valence-electron chi connectivity index (χ0n) is 21.4. The van der Waals surface area contributed by atoms with Gasteiger partial charge in [0.25, 0.3) is 5.91 Å². The Labute approximate surface area is 219 Å². The molecular formula is C27H34F4N4O3. The Bertz CT molecular complexity index is 1140. The number of halogens is 4. The van der Waals surface area contributed by atoms with Crippen LogP contribution in [0.4, 0.5) is 17.6 Å². The molecule has 11 heteroatoms. The third-order valence-corrected chi connectivity index (χ3v) is 7.42. The molecular weight excluding hydrogens is 504 g/mol. The van der Waals surface area contributed by atoms with Crippen LogP contribution in [-0.2, 0) is 11.0 Å². The predicted octanol–water partition coefficient (Wildman–Crippen LogP) is 5.47. The van der Waals surface area contributed by atoms with E-state index in [0.29, 0.717) is 32.4 Å². The molecule has 1 saturated carbocycles. The number of alkyl halides is 4. The fraction of sp³-hybridized carbons (Fsp3) is 0.593. The number of benzene rings is 1. The third kappa shape index (κ3) is 6.92. The molecule has 2 heterocycles. The average Bonchev–Trinajstić information content (AvgIpc) is 3.51. The van der Waals surface area contributed by atoms with Gasteiger partial charge in [0.1, 0.15) is 5.67 Å². The van der Waals surface area contributed by atoms with Crippen LogP contribution in [0.3, 0.4) is 0 Å². The monoisotopic (exact) mass is 538 g/mol. The summed E-state index contributed by atoms with van der Waals surface area (Å²) in [5, 5.41) is 16.5. The van der Waals surface area contributed by atoms with Crippen molar-refractivity contribution in [2.24, 2.45) is 0 Å². The van der Waals surface area contributed by atoms with E-state index in [0.717, 1.165) is 31.7 Å². The number of aromatic nitrogens is 2. The van der Waals surface area contributed by atoms with Gasteiger partial charge in [0.05, 0.1) is 23.7 Å². The maximum atomic E-state index is 14.4. The summed E-state index contributed by atoms with van der Waals surface area (Å²) >= 11 is 0. The molecule has 0 spiro atoms. The summed E-state index contributed by atoms with van der Waals surface area (Å²) in [5.41, 5.74) is -2.02. The average molecular weight is 539 g/mol. The number of rotatable bonds is 9. The Morgan fingerprint density at radius 1 is 1.21 bits per heavy atom. The van der Waals surface area contributed by atoms with Gasteiger partial charge in [-0.25, -0.2) is 4.39 Å². The number of piperidine rings is 1. The van der Waals surface area contributed by atoms with Crippen LogP contribution in [0.1, 0.15) is 80.4 Å². The standard InChI is InChI=1S/C27H34F4N4O3/c1-26(28)12-6-13-34(17-26)14-11-18(15-24(36)37)32-25(38)22-16-23(35(33-22)19-7-2-3-8-19)20-9-4-5-10-21(20)27(29,30)31/h4-5,9-10,16,18-19H,2-3,6-8,11-15,17H2,1H3,(H,32,38)(H,36,37)/t18-,26-/m0/s1. The third-order valence-electron chi connectivity index (χ3n) is 7.42. The van der Waals surface area contributed by atoms with Crippen molar-refractivity contribution in [3.05, 3.63) is 41.6 Å². The molecule has 2 aliphatic rings. The van der Waals surface area contributed by atoms with Crippen molar-refractivity contribution < 1.29 is 32.3 Å². The Kier molecular flexibility index (Phi) is 8.44. The van der Waals surface area contributed by atoms with E-state index in [1.54, 1.807) is 6.92 Å². The summed E-state index contributed by atoms with van der Waals surface area (Å²) in [7, 11) is 0. The van der Waals surface area contributed by atoms with Crippen molar-refractivity contribution in [1.29, 1.82) is 0 Å². The lowest BCUT2D eigenvalue weighted by Crippen LogP contribution is -2.46. The number of carbonyl (C=O) groups is 2. The second-order valence-electron chi connectivity index (χ2n) is 10.7. The van der Waals surface area contributed by atoms with E-state index < -0.39 is 35.3 Å². The van der Waals surface area contributed by atoms with Crippen molar-refractivity contribution in [2.45, 2.75) is 82.2 Å². The second kappa shape index (κ2) is 11.4. The quantitative estimate of drug-likeness (QED) is 0.414. The zero-order chi connectivity index (χ0) is 27.5. The number of nitrogens with zero attached hydrogens (tertiary/aromatic N) is 3. The van der Waals surface area contributed by atoms with Gasteiger partial charge in [-0.05, 0) is 57.7 Å². The Balaban J connectivity index is 1.57. The molecule has 1 saturated heterocycles. The molecule has 4 rings (SSSR count). The first-order valence-electron chi connectivity index (χ1n) is 13.1. The molecule has 2 N–H and O–H groups in total. The first-order valence-corrected chi connectivity index (χ1v) is 13.1. The highest BCUT2D eigenvalue weighted by molar-refractivity contribution is 5.94. The molecule has 2 atom stereocenters. The van der Waals surface area contributed by atoms with Gasteiger partial charge in [-0.3, -0.25) is 14.3 Å². The van der Waals surface area contributed by atoms with Gasteiger partial charge in [0.2, 0.25) is 0 Å². The Hall–Kier alpha value is -2.95. The van der Waals surface area contributed by atoms with Crippen LogP contribution in [0.5, 0.6) is 0 Å². The van der Waals surface area contributed by atoms with Crippen LogP contribution in [0.25, 0.3) is 11.3 Å². The highest BCUT2D eigenvalue weighted by Crippen LogP contribution is 2.40. The van der Waals surface area contributed by atoms with Crippen LogP contribution in [-0.4, -0.2) is 63.0 Å². The smallest absolute Gasteiger partial charge is 0.417 e. The molecule has 38 heavy (non-hydrogen) atoms.